The second-order valence-electron chi connectivity index (χ2n) is 5.16. The zero-order chi connectivity index (χ0) is 10.6. The quantitative estimate of drug-likeness (QED) is 0.740. The molecule has 1 aliphatic heterocycles. The summed E-state index contributed by atoms with van der Waals surface area (Å²) in [6, 6.07) is 0. The van der Waals surface area contributed by atoms with Gasteiger partial charge in [-0.25, -0.2) is 0 Å². The maximum Gasteiger partial charge on any atom is 0.0880 e. The zero-order valence-electron chi connectivity index (χ0n) is 9.50. The molecule has 1 saturated heterocycles. The first kappa shape index (κ1) is 11.4. The van der Waals surface area contributed by atoms with E-state index in [0.717, 1.165) is 45.4 Å². The number of hydrogen-bond acceptors (Lipinski definition) is 3. The Kier molecular flexibility index (Phi) is 4.00. The minimum atomic E-state index is -0.510. The van der Waals surface area contributed by atoms with Crippen LogP contribution in [0.2, 0.25) is 0 Å². The number of rotatable bonds is 4. The van der Waals surface area contributed by atoms with Crippen LogP contribution in [0.5, 0.6) is 0 Å². The maximum absolute atomic E-state index is 10.2. The van der Waals surface area contributed by atoms with Gasteiger partial charge >= 0.3 is 0 Å². The molecule has 88 valence electrons. The van der Waals surface area contributed by atoms with Crippen molar-refractivity contribution in [3.8, 4) is 0 Å². The lowest BCUT2D eigenvalue weighted by Gasteiger charge is -2.32. The van der Waals surface area contributed by atoms with E-state index in [-0.39, 0.29) is 0 Å². The zero-order valence-corrected chi connectivity index (χ0v) is 9.50. The van der Waals surface area contributed by atoms with Gasteiger partial charge in [0.05, 0.1) is 18.8 Å². The van der Waals surface area contributed by atoms with Gasteiger partial charge in [0.15, 0.2) is 0 Å². The van der Waals surface area contributed by atoms with Crippen LogP contribution in [-0.4, -0.2) is 37.0 Å². The summed E-state index contributed by atoms with van der Waals surface area (Å²) < 4.78 is 5.67. The summed E-state index contributed by atoms with van der Waals surface area (Å²) >= 11 is 0. The molecule has 0 spiro atoms. The van der Waals surface area contributed by atoms with Crippen LogP contribution in [0, 0.1) is 5.92 Å². The molecule has 2 aliphatic rings. The lowest BCUT2D eigenvalue weighted by molar-refractivity contribution is -0.0734. The molecule has 2 N–H and O–H groups in total. The number of nitrogens with one attached hydrogen (secondary N) is 1. The van der Waals surface area contributed by atoms with E-state index < -0.39 is 5.60 Å². The summed E-state index contributed by atoms with van der Waals surface area (Å²) in [5, 5.41) is 13.5. The van der Waals surface area contributed by atoms with Crippen LogP contribution in [0.25, 0.3) is 0 Å². The Bertz CT molecular complexity index is 184. The van der Waals surface area contributed by atoms with Crippen molar-refractivity contribution in [1.82, 2.24) is 5.32 Å². The second-order valence-corrected chi connectivity index (χ2v) is 5.16. The SMILES string of the molecule is OC1(COCC2CCNC2)CCCCC1. The Labute approximate surface area is 92.2 Å². The van der Waals surface area contributed by atoms with Crippen molar-refractivity contribution >= 4 is 0 Å². The lowest BCUT2D eigenvalue weighted by Crippen LogP contribution is -2.37. The van der Waals surface area contributed by atoms with Gasteiger partial charge in [0.25, 0.3) is 0 Å². The largest absolute Gasteiger partial charge is 0.387 e. The summed E-state index contributed by atoms with van der Waals surface area (Å²) in [6.45, 7) is 3.57. The lowest BCUT2D eigenvalue weighted by atomic mass is 9.85. The first-order chi connectivity index (χ1) is 7.29. The minimum Gasteiger partial charge on any atom is -0.387 e. The molecule has 1 heterocycles. The maximum atomic E-state index is 10.2. The molecule has 1 unspecified atom stereocenters. The fourth-order valence-electron chi connectivity index (χ4n) is 2.63. The van der Waals surface area contributed by atoms with E-state index in [1.54, 1.807) is 0 Å². The third-order valence-electron chi connectivity index (χ3n) is 3.67. The predicted molar refractivity (Wildman–Crippen MR) is 59.8 cm³/mol. The monoisotopic (exact) mass is 213 g/mol. The number of hydrogen-bond donors (Lipinski definition) is 2. The Morgan fingerprint density at radius 2 is 2.07 bits per heavy atom. The molecule has 3 heteroatoms. The van der Waals surface area contributed by atoms with Crippen molar-refractivity contribution in [1.29, 1.82) is 0 Å². The van der Waals surface area contributed by atoms with E-state index in [2.05, 4.69) is 5.32 Å². The summed E-state index contributed by atoms with van der Waals surface area (Å²) in [5.41, 5.74) is -0.510. The summed E-state index contributed by atoms with van der Waals surface area (Å²) in [6.07, 6.45) is 6.66. The first-order valence-electron chi connectivity index (χ1n) is 6.29. The molecular weight excluding hydrogens is 190 g/mol. The normalized spacial score (nSPS) is 30.6. The second kappa shape index (κ2) is 5.28. The first-order valence-corrected chi connectivity index (χ1v) is 6.29. The molecule has 0 radical (unpaired) electrons. The molecule has 0 aromatic rings. The molecule has 1 aliphatic carbocycles. The number of aliphatic hydroxyl groups is 1. The van der Waals surface area contributed by atoms with Gasteiger partial charge < -0.3 is 15.2 Å². The van der Waals surface area contributed by atoms with Crippen molar-refractivity contribution in [2.45, 2.75) is 44.1 Å². The van der Waals surface area contributed by atoms with Gasteiger partial charge in [-0.3, -0.25) is 0 Å². The van der Waals surface area contributed by atoms with Crippen molar-refractivity contribution in [3.05, 3.63) is 0 Å². The topological polar surface area (TPSA) is 41.5 Å². The highest BCUT2D eigenvalue weighted by Gasteiger charge is 2.29. The van der Waals surface area contributed by atoms with Gasteiger partial charge in [-0.1, -0.05) is 19.3 Å². The van der Waals surface area contributed by atoms with Gasteiger partial charge in [-0.2, -0.15) is 0 Å². The van der Waals surface area contributed by atoms with E-state index >= 15 is 0 Å². The van der Waals surface area contributed by atoms with E-state index in [0.29, 0.717) is 12.5 Å². The molecule has 0 aromatic heterocycles. The smallest absolute Gasteiger partial charge is 0.0880 e. The van der Waals surface area contributed by atoms with Crippen LogP contribution in [0.4, 0.5) is 0 Å². The van der Waals surface area contributed by atoms with E-state index in [4.69, 9.17) is 4.74 Å². The van der Waals surface area contributed by atoms with Gasteiger partial charge in [0.2, 0.25) is 0 Å². The van der Waals surface area contributed by atoms with Gasteiger partial charge in [0, 0.05) is 6.54 Å². The van der Waals surface area contributed by atoms with E-state index in [1.165, 1.54) is 12.8 Å². The molecule has 0 aromatic carbocycles. The van der Waals surface area contributed by atoms with Gasteiger partial charge in [0.1, 0.15) is 0 Å². The van der Waals surface area contributed by atoms with Crippen molar-refractivity contribution in [3.63, 3.8) is 0 Å². The van der Waals surface area contributed by atoms with E-state index in [9.17, 15) is 5.11 Å². The third kappa shape index (κ3) is 3.44. The summed E-state index contributed by atoms with van der Waals surface area (Å²) in [5.74, 6) is 0.664. The van der Waals surface area contributed by atoms with Gasteiger partial charge in [-0.15, -0.1) is 0 Å². The van der Waals surface area contributed by atoms with Crippen LogP contribution >= 0.6 is 0 Å². The van der Waals surface area contributed by atoms with Crippen LogP contribution in [0.15, 0.2) is 0 Å². The van der Waals surface area contributed by atoms with Gasteiger partial charge in [-0.05, 0) is 31.7 Å². The molecular formula is C12H23NO2. The van der Waals surface area contributed by atoms with Crippen molar-refractivity contribution in [2.75, 3.05) is 26.3 Å². The molecule has 1 atom stereocenters. The highest BCUT2D eigenvalue weighted by molar-refractivity contribution is 4.82. The summed E-state index contributed by atoms with van der Waals surface area (Å²) in [4.78, 5) is 0. The van der Waals surface area contributed by atoms with Crippen LogP contribution in [-0.2, 0) is 4.74 Å². The average molecular weight is 213 g/mol. The molecule has 2 rings (SSSR count). The fourth-order valence-corrected chi connectivity index (χ4v) is 2.63. The molecule has 0 amide bonds. The average Bonchev–Trinajstić information content (AvgIpc) is 2.71. The molecule has 0 bridgehead atoms. The molecule has 15 heavy (non-hydrogen) atoms. The standard InChI is InChI=1S/C12H23NO2/c14-12(5-2-1-3-6-12)10-15-9-11-4-7-13-8-11/h11,13-14H,1-10H2. The molecule has 2 fully saturated rings. The number of ether oxygens (including phenoxy) is 1. The Morgan fingerprint density at radius 1 is 1.27 bits per heavy atom. The molecule has 1 saturated carbocycles. The Morgan fingerprint density at radius 3 is 2.73 bits per heavy atom. The molecule has 3 nitrogen and oxygen atoms in total. The van der Waals surface area contributed by atoms with Crippen LogP contribution < -0.4 is 5.32 Å². The van der Waals surface area contributed by atoms with Crippen LogP contribution in [0.3, 0.4) is 0 Å². The predicted octanol–water partition coefficient (Wildman–Crippen LogP) is 1.31. The summed E-state index contributed by atoms with van der Waals surface area (Å²) in [7, 11) is 0. The third-order valence-corrected chi connectivity index (χ3v) is 3.67. The van der Waals surface area contributed by atoms with E-state index in [1.807, 2.05) is 0 Å². The highest BCUT2D eigenvalue weighted by atomic mass is 16.5. The van der Waals surface area contributed by atoms with Crippen molar-refractivity contribution < 1.29 is 9.84 Å². The highest BCUT2D eigenvalue weighted by Crippen LogP contribution is 2.28. The minimum absolute atomic E-state index is 0.510. The fraction of sp³-hybridized carbons (Fsp3) is 1.00. The van der Waals surface area contributed by atoms with Crippen molar-refractivity contribution in [2.24, 2.45) is 5.92 Å². The Hall–Kier alpha value is -0.120. The van der Waals surface area contributed by atoms with Crippen LogP contribution in [0.1, 0.15) is 38.5 Å². The Balaban J connectivity index is 1.63.